The number of hydrogen-bond acceptors (Lipinski definition) is 10. The van der Waals surface area contributed by atoms with E-state index in [1.165, 1.54) is 37.4 Å². The second-order valence-electron chi connectivity index (χ2n) is 9.44. The van der Waals surface area contributed by atoms with Crippen molar-refractivity contribution in [2.75, 3.05) is 28.4 Å². The predicted octanol–water partition coefficient (Wildman–Crippen LogP) is 4.34. The van der Waals surface area contributed by atoms with E-state index in [0.717, 1.165) is 25.3 Å². The first-order valence-electron chi connectivity index (χ1n) is 13.3. The van der Waals surface area contributed by atoms with Gasteiger partial charge in [-0.25, -0.2) is 19.2 Å². The molecule has 2 aromatic heterocycles. The molecule has 0 aliphatic heterocycles. The third kappa shape index (κ3) is 5.87. The number of nitrogens with zero attached hydrogens (tertiary/aromatic N) is 2. The quantitative estimate of drug-likeness (QED) is 0.180. The minimum absolute atomic E-state index is 0.0523. The highest BCUT2D eigenvalue weighted by atomic mass is 16.5. The highest BCUT2D eigenvalue weighted by Gasteiger charge is 2.40. The van der Waals surface area contributed by atoms with Gasteiger partial charge in [0.15, 0.2) is 22.9 Å². The molecule has 12 nitrogen and oxygen atoms in total. The fraction of sp³-hybridized carbons (Fsp3) is 0.250. The standard InChI is InChI=1S/C32H32N2O10/c1-33-23(29(35)41-5)21(27(39-3)25(33)31(37)43-17-19-13-9-7-10-14-19)22-24(30(36)42-6)34(2)26(28(22)40-4)32(38)44-18-20-15-11-8-12-16-20/h7-16H,17-18H2,1-6H3. The summed E-state index contributed by atoms with van der Waals surface area (Å²) in [6, 6.07) is 18.0. The molecule has 0 bridgehead atoms. The lowest BCUT2D eigenvalue weighted by atomic mass is 10.0. The largest absolute Gasteiger partial charge is 0.494 e. The lowest BCUT2D eigenvalue weighted by Crippen LogP contribution is -2.16. The number of methoxy groups -OCH3 is 4. The number of aromatic nitrogens is 2. The Kier molecular flexibility index (Phi) is 9.74. The topological polar surface area (TPSA) is 134 Å². The van der Waals surface area contributed by atoms with Gasteiger partial charge in [0.2, 0.25) is 0 Å². The van der Waals surface area contributed by atoms with Gasteiger partial charge < -0.3 is 37.6 Å². The number of benzene rings is 2. The molecular weight excluding hydrogens is 572 g/mol. The van der Waals surface area contributed by atoms with Crippen molar-refractivity contribution in [2.45, 2.75) is 13.2 Å². The van der Waals surface area contributed by atoms with Crippen LogP contribution in [0.4, 0.5) is 0 Å². The maximum absolute atomic E-state index is 13.5. The van der Waals surface area contributed by atoms with Crippen LogP contribution in [0.15, 0.2) is 60.7 Å². The fourth-order valence-electron chi connectivity index (χ4n) is 4.89. The molecule has 230 valence electrons. The van der Waals surface area contributed by atoms with Crippen molar-refractivity contribution >= 4 is 23.9 Å². The zero-order valence-corrected chi connectivity index (χ0v) is 25.2. The summed E-state index contributed by atoms with van der Waals surface area (Å²) in [4.78, 5) is 53.4. The summed E-state index contributed by atoms with van der Waals surface area (Å²) >= 11 is 0. The highest BCUT2D eigenvalue weighted by Crippen LogP contribution is 2.48. The molecule has 0 aliphatic carbocycles. The van der Waals surface area contributed by atoms with Gasteiger partial charge in [0.05, 0.1) is 39.6 Å². The van der Waals surface area contributed by atoms with Crippen LogP contribution in [-0.4, -0.2) is 61.5 Å². The van der Waals surface area contributed by atoms with Crippen molar-refractivity contribution in [3.05, 3.63) is 94.6 Å². The summed E-state index contributed by atoms with van der Waals surface area (Å²) in [6.45, 7) is -0.118. The van der Waals surface area contributed by atoms with E-state index < -0.39 is 23.9 Å². The molecule has 44 heavy (non-hydrogen) atoms. The van der Waals surface area contributed by atoms with Crippen LogP contribution in [0.2, 0.25) is 0 Å². The van der Waals surface area contributed by atoms with Gasteiger partial charge in [-0.1, -0.05) is 60.7 Å². The van der Waals surface area contributed by atoms with E-state index in [2.05, 4.69) is 0 Å². The molecule has 2 aromatic carbocycles. The Bertz CT molecular complexity index is 1560. The fourth-order valence-corrected chi connectivity index (χ4v) is 4.89. The summed E-state index contributed by atoms with van der Waals surface area (Å²) in [7, 11) is 7.79. The van der Waals surface area contributed by atoms with Gasteiger partial charge >= 0.3 is 23.9 Å². The Morgan fingerprint density at radius 2 is 0.864 bits per heavy atom. The van der Waals surface area contributed by atoms with E-state index in [1.54, 1.807) is 48.5 Å². The summed E-state index contributed by atoms with van der Waals surface area (Å²) in [6.07, 6.45) is 0. The summed E-state index contributed by atoms with van der Waals surface area (Å²) in [5, 5.41) is 0. The van der Waals surface area contributed by atoms with Gasteiger partial charge in [-0.05, 0) is 11.1 Å². The van der Waals surface area contributed by atoms with Gasteiger partial charge in [0, 0.05) is 14.1 Å². The molecule has 0 spiro atoms. The van der Waals surface area contributed by atoms with Crippen LogP contribution in [0.3, 0.4) is 0 Å². The summed E-state index contributed by atoms with van der Waals surface area (Å²) < 4.78 is 35.1. The normalized spacial score (nSPS) is 10.6. The highest BCUT2D eigenvalue weighted by molar-refractivity contribution is 6.11. The number of carbonyl (C=O) groups excluding carboxylic acids is 4. The van der Waals surface area contributed by atoms with Crippen molar-refractivity contribution < 1.29 is 47.6 Å². The molecule has 0 aliphatic rings. The average molecular weight is 605 g/mol. The molecule has 4 aromatic rings. The number of esters is 4. The number of ether oxygens (including phenoxy) is 6. The Hall–Kier alpha value is -5.52. The van der Waals surface area contributed by atoms with E-state index in [4.69, 9.17) is 28.4 Å². The minimum Gasteiger partial charge on any atom is -0.494 e. The number of hydrogen-bond donors (Lipinski definition) is 0. The Morgan fingerprint density at radius 1 is 0.523 bits per heavy atom. The monoisotopic (exact) mass is 604 g/mol. The second kappa shape index (κ2) is 13.6. The van der Waals surface area contributed by atoms with Crippen LogP contribution < -0.4 is 9.47 Å². The van der Waals surface area contributed by atoms with Crippen LogP contribution >= 0.6 is 0 Å². The third-order valence-corrected chi connectivity index (χ3v) is 6.93. The molecule has 0 amide bonds. The number of carbonyl (C=O) groups is 4. The van der Waals surface area contributed by atoms with Gasteiger partial charge in [-0.3, -0.25) is 0 Å². The third-order valence-electron chi connectivity index (χ3n) is 6.93. The van der Waals surface area contributed by atoms with E-state index in [1.807, 2.05) is 12.1 Å². The lowest BCUT2D eigenvalue weighted by molar-refractivity contribution is 0.0446. The SMILES string of the molecule is COC(=O)c1c(-c2c(OC)c(C(=O)OCc3ccccc3)n(C)c2C(=O)OC)c(OC)c(C(=O)OCc2ccccc2)n1C. The average Bonchev–Trinajstić information content (AvgIpc) is 3.52. The Morgan fingerprint density at radius 3 is 1.16 bits per heavy atom. The van der Waals surface area contributed by atoms with Crippen molar-refractivity contribution in [1.29, 1.82) is 0 Å². The van der Waals surface area contributed by atoms with Crippen LogP contribution in [0.5, 0.6) is 11.5 Å². The van der Waals surface area contributed by atoms with Crippen LogP contribution in [0.25, 0.3) is 11.1 Å². The molecule has 0 N–H and O–H groups in total. The molecule has 4 rings (SSSR count). The first-order valence-corrected chi connectivity index (χ1v) is 13.3. The zero-order chi connectivity index (χ0) is 32.0. The van der Waals surface area contributed by atoms with Gasteiger partial charge in [-0.15, -0.1) is 0 Å². The maximum Gasteiger partial charge on any atom is 0.359 e. The molecule has 12 heteroatoms. The lowest BCUT2D eigenvalue weighted by Gasteiger charge is -2.10. The first-order chi connectivity index (χ1) is 21.2. The maximum atomic E-state index is 13.5. The van der Waals surface area contributed by atoms with E-state index >= 15 is 0 Å². The molecule has 0 saturated carbocycles. The molecular formula is C32H32N2O10. The van der Waals surface area contributed by atoms with E-state index in [-0.39, 0.29) is 58.6 Å². The van der Waals surface area contributed by atoms with E-state index in [9.17, 15) is 19.2 Å². The van der Waals surface area contributed by atoms with E-state index in [0.29, 0.717) is 0 Å². The molecule has 0 unspecified atom stereocenters. The Labute approximate surface area is 253 Å². The molecule has 0 radical (unpaired) electrons. The molecule has 0 atom stereocenters. The van der Waals surface area contributed by atoms with Crippen LogP contribution in [0, 0.1) is 0 Å². The smallest absolute Gasteiger partial charge is 0.359 e. The molecule has 0 saturated heterocycles. The summed E-state index contributed by atoms with van der Waals surface area (Å²) in [5.74, 6) is -3.60. The zero-order valence-electron chi connectivity index (χ0n) is 25.2. The summed E-state index contributed by atoms with van der Waals surface area (Å²) in [5.41, 5.74) is 0.732. The number of rotatable bonds is 11. The second-order valence-corrected chi connectivity index (χ2v) is 9.44. The van der Waals surface area contributed by atoms with Crippen molar-refractivity contribution in [3.8, 4) is 22.6 Å². The van der Waals surface area contributed by atoms with Gasteiger partial charge in [0.25, 0.3) is 0 Å². The van der Waals surface area contributed by atoms with Crippen LogP contribution in [-0.2, 0) is 46.3 Å². The predicted molar refractivity (Wildman–Crippen MR) is 157 cm³/mol. The first kappa shape index (κ1) is 31.4. The van der Waals surface area contributed by atoms with Crippen molar-refractivity contribution in [2.24, 2.45) is 14.1 Å². The van der Waals surface area contributed by atoms with Crippen LogP contribution in [0.1, 0.15) is 53.1 Å². The minimum atomic E-state index is -0.863. The van der Waals surface area contributed by atoms with Crippen molar-refractivity contribution in [3.63, 3.8) is 0 Å². The van der Waals surface area contributed by atoms with Gasteiger partial charge in [0.1, 0.15) is 24.6 Å². The Balaban J connectivity index is 1.93. The molecule has 2 heterocycles. The van der Waals surface area contributed by atoms with Crippen molar-refractivity contribution in [1.82, 2.24) is 9.13 Å². The molecule has 0 fully saturated rings. The van der Waals surface area contributed by atoms with Gasteiger partial charge in [-0.2, -0.15) is 0 Å².